The van der Waals surface area contributed by atoms with Crippen LogP contribution in [0.2, 0.25) is 0 Å². The van der Waals surface area contributed by atoms with E-state index in [1.807, 2.05) is 0 Å². The highest BCUT2D eigenvalue weighted by atomic mass is 14.7. The first-order chi connectivity index (χ1) is 5.76. The molecule has 0 aromatic carbocycles. The minimum Gasteiger partial charge on any atom is -0.366 e. The molecule has 0 amide bonds. The molecule has 70 valence electrons. The second-order valence-electron chi connectivity index (χ2n) is 3.70. The summed E-state index contributed by atoms with van der Waals surface area (Å²) in [5, 5.41) is 2.78. The molecule has 12 heavy (non-hydrogen) atoms. The smallest absolute Gasteiger partial charge is 0.177 e. The standard InChI is InChI=1S/C10H22BN/c1-4-6-7-9(3)10(5-2)8-12-11/h9-10,12H,4-8H2,1-3H3. The van der Waals surface area contributed by atoms with Gasteiger partial charge in [-0.1, -0.05) is 46.5 Å². The molecular weight excluding hydrogens is 145 g/mol. The maximum atomic E-state index is 5.32. The molecule has 0 rings (SSSR count). The van der Waals surface area contributed by atoms with Crippen molar-refractivity contribution in [3.63, 3.8) is 0 Å². The molecule has 0 heterocycles. The van der Waals surface area contributed by atoms with Crippen molar-refractivity contribution in [2.24, 2.45) is 11.8 Å². The molecule has 0 aromatic heterocycles. The van der Waals surface area contributed by atoms with E-state index in [2.05, 4.69) is 26.0 Å². The maximum absolute atomic E-state index is 5.32. The lowest BCUT2D eigenvalue weighted by atomic mass is 9.87. The van der Waals surface area contributed by atoms with Crippen molar-refractivity contribution in [2.75, 3.05) is 6.54 Å². The summed E-state index contributed by atoms with van der Waals surface area (Å²) < 4.78 is 0. The molecule has 0 saturated carbocycles. The first kappa shape index (κ1) is 12.0. The molecule has 0 fully saturated rings. The van der Waals surface area contributed by atoms with Gasteiger partial charge in [0, 0.05) is 0 Å². The Morgan fingerprint density at radius 3 is 2.42 bits per heavy atom. The maximum Gasteiger partial charge on any atom is 0.177 e. The van der Waals surface area contributed by atoms with Gasteiger partial charge >= 0.3 is 0 Å². The predicted molar refractivity (Wildman–Crippen MR) is 56.2 cm³/mol. The molecular formula is C10H22BN. The van der Waals surface area contributed by atoms with Gasteiger partial charge in [-0.25, -0.2) is 0 Å². The number of nitrogens with one attached hydrogen (secondary N) is 1. The summed E-state index contributed by atoms with van der Waals surface area (Å²) in [5.41, 5.74) is 0. The van der Waals surface area contributed by atoms with E-state index in [4.69, 9.17) is 7.98 Å². The summed E-state index contributed by atoms with van der Waals surface area (Å²) >= 11 is 0. The quantitative estimate of drug-likeness (QED) is 0.574. The minimum atomic E-state index is 0.751. The van der Waals surface area contributed by atoms with Crippen LogP contribution in [0.3, 0.4) is 0 Å². The van der Waals surface area contributed by atoms with Crippen LogP contribution >= 0.6 is 0 Å². The average Bonchev–Trinajstić information content (AvgIpc) is 2.10. The van der Waals surface area contributed by atoms with Crippen molar-refractivity contribution < 1.29 is 0 Å². The summed E-state index contributed by atoms with van der Waals surface area (Å²) in [6.45, 7) is 7.78. The Bertz CT molecular complexity index is 95.8. The van der Waals surface area contributed by atoms with Crippen molar-refractivity contribution in [2.45, 2.75) is 46.5 Å². The minimum absolute atomic E-state index is 0.751. The van der Waals surface area contributed by atoms with E-state index in [1.54, 1.807) is 0 Å². The van der Waals surface area contributed by atoms with E-state index in [0.717, 1.165) is 18.4 Å². The third-order valence-electron chi connectivity index (χ3n) is 2.72. The van der Waals surface area contributed by atoms with Crippen molar-refractivity contribution in [3.05, 3.63) is 0 Å². The monoisotopic (exact) mass is 167 g/mol. The number of unbranched alkanes of at least 4 members (excludes halogenated alkanes) is 1. The highest BCUT2D eigenvalue weighted by molar-refractivity contribution is 6.04. The van der Waals surface area contributed by atoms with Crippen LogP contribution in [-0.4, -0.2) is 14.5 Å². The third-order valence-corrected chi connectivity index (χ3v) is 2.72. The number of hydrogen-bond donors (Lipinski definition) is 1. The largest absolute Gasteiger partial charge is 0.366 e. The average molecular weight is 167 g/mol. The Balaban J connectivity index is 3.60. The molecule has 0 aromatic rings. The lowest BCUT2D eigenvalue weighted by Gasteiger charge is -2.22. The Hall–Kier alpha value is 0.0249. The van der Waals surface area contributed by atoms with Crippen molar-refractivity contribution in [1.29, 1.82) is 0 Å². The molecule has 0 spiro atoms. The number of rotatable bonds is 7. The molecule has 0 aliphatic carbocycles. The van der Waals surface area contributed by atoms with Crippen LogP contribution in [0.1, 0.15) is 46.5 Å². The molecule has 1 N–H and O–H groups in total. The predicted octanol–water partition coefficient (Wildman–Crippen LogP) is 2.51. The number of hydrogen-bond acceptors (Lipinski definition) is 1. The highest BCUT2D eigenvalue weighted by Gasteiger charge is 2.13. The molecule has 1 nitrogen and oxygen atoms in total. The summed E-state index contributed by atoms with van der Waals surface area (Å²) in [6.07, 6.45) is 5.23. The van der Waals surface area contributed by atoms with Crippen LogP contribution in [0.15, 0.2) is 0 Å². The molecule has 2 atom stereocenters. The first-order valence-corrected chi connectivity index (χ1v) is 5.19. The fourth-order valence-electron chi connectivity index (χ4n) is 1.66. The van der Waals surface area contributed by atoms with E-state index < -0.39 is 0 Å². The molecule has 2 unspecified atom stereocenters. The normalized spacial score (nSPS) is 15.9. The molecule has 2 heteroatoms. The van der Waals surface area contributed by atoms with Crippen LogP contribution in [0.5, 0.6) is 0 Å². The summed E-state index contributed by atoms with van der Waals surface area (Å²) in [6, 6.07) is 0. The summed E-state index contributed by atoms with van der Waals surface area (Å²) in [4.78, 5) is 0. The van der Waals surface area contributed by atoms with Crippen LogP contribution in [-0.2, 0) is 0 Å². The Labute approximate surface area is 78.7 Å². The van der Waals surface area contributed by atoms with Gasteiger partial charge in [-0.2, -0.15) is 0 Å². The van der Waals surface area contributed by atoms with Gasteiger partial charge in [-0.3, -0.25) is 0 Å². The Morgan fingerprint density at radius 2 is 2.00 bits per heavy atom. The summed E-state index contributed by atoms with van der Waals surface area (Å²) in [7, 11) is 5.32. The van der Waals surface area contributed by atoms with E-state index >= 15 is 0 Å². The van der Waals surface area contributed by atoms with Crippen molar-refractivity contribution >= 4 is 7.98 Å². The molecule has 0 bridgehead atoms. The zero-order valence-electron chi connectivity index (χ0n) is 8.77. The fraction of sp³-hybridized carbons (Fsp3) is 1.00. The second-order valence-corrected chi connectivity index (χ2v) is 3.70. The van der Waals surface area contributed by atoms with Crippen molar-refractivity contribution in [1.82, 2.24) is 5.23 Å². The van der Waals surface area contributed by atoms with Gasteiger partial charge in [-0.05, 0) is 18.4 Å². The topological polar surface area (TPSA) is 12.0 Å². The van der Waals surface area contributed by atoms with Crippen LogP contribution < -0.4 is 5.23 Å². The van der Waals surface area contributed by atoms with Gasteiger partial charge in [0.15, 0.2) is 7.98 Å². The van der Waals surface area contributed by atoms with Gasteiger partial charge in [0.1, 0.15) is 0 Å². The van der Waals surface area contributed by atoms with E-state index in [-0.39, 0.29) is 0 Å². The highest BCUT2D eigenvalue weighted by Crippen LogP contribution is 2.20. The molecule has 0 aliphatic heterocycles. The zero-order valence-corrected chi connectivity index (χ0v) is 8.77. The first-order valence-electron chi connectivity index (χ1n) is 5.19. The van der Waals surface area contributed by atoms with Gasteiger partial charge < -0.3 is 5.23 Å². The van der Waals surface area contributed by atoms with Gasteiger partial charge in [0.25, 0.3) is 0 Å². The zero-order chi connectivity index (χ0) is 9.40. The van der Waals surface area contributed by atoms with E-state index in [1.165, 1.54) is 25.7 Å². The third kappa shape index (κ3) is 4.81. The van der Waals surface area contributed by atoms with Crippen LogP contribution in [0.25, 0.3) is 0 Å². The molecule has 0 saturated heterocycles. The van der Waals surface area contributed by atoms with Gasteiger partial charge in [0.2, 0.25) is 0 Å². The molecule has 2 radical (unpaired) electrons. The van der Waals surface area contributed by atoms with E-state index in [9.17, 15) is 0 Å². The lowest BCUT2D eigenvalue weighted by Crippen LogP contribution is -2.24. The second kappa shape index (κ2) is 7.66. The lowest BCUT2D eigenvalue weighted by molar-refractivity contribution is 0.322. The molecule has 0 aliphatic rings. The Morgan fingerprint density at radius 1 is 1.33 bits per heavy atom. The van der Waals surface area contributed by atoms with Gasteiger partial charge in [-0.15, -0.1) is 0 Å². The summed E-state index contributed by atoms with van der Waals surface area (Å²) in [5.74, 6) is 1.56. The van der Waals surface area contributed by atoms with E-state index in [0.29, 0.717) is 0 Å². The Kier molecular flexibility index (Phi) is 7.68. The van der Waals surface area contributed by atoms with Crippen LogP contribution in [0, 0.1) is 11.8 Å². The van der Waals surface area contributed by atoms with Gasteiger partial charge in [0.05, 0.1) is 0 Å². The van der Waals surface area contributed by atoms with Crippen LogP contribution in [0.4, 0.5) is 0 Å². The SMILES string of the molecule is [B]NCC(CC)C(C)CCCC. The van der Waals surface area contributed by atoms with Crippen molar-refractivity contribution in [3.8, 4) is 0 Å². The fourth-order valence-corrected chi connectivity index (χ4v) is 1.66.